The van der Waals surface area contributed by atoms with Crippen LogP contribution < -0.4 is 0 Å². The number of amides is 1. The first kappa shape index (κ1) is 16.1. The number of likely N-dealkylation sites (tertiary alicyclic amines) is 2. The van der Waals surface area contributed by atoms with E-state index in [0.29, 0.717) is 17.8 Å². The molecule has 3 saturated heterocycles. The Morgan fingerprint density at radius 2 is 2.12 bits per heavy atom. The Labute approximate surface area is 143 Å². The molecule has 0 aliphatic carbocycles. The zero-order chi connectivity index (χ0) is 16.6. The van der Waals surface area contributed by atoms with Crippen molar-refractivity contribution in [3.63, 3.8) is 0 Å². The van der Waals surface area contributed by atoms with E-state index in [1.807, 2.05) is 6.92 Å². The molecule has 0 saturated carbocycles. The van der Waals surface area contributed by atoms with E-state index < -0.39 is 0 Å². The smallest absolute Gasteiger partial charge is 0.230 e. The van der Waals surface area contributed by atoms with E-state index in [1.54, 1.807) is 6.26 Å². The van der Waals surface area contributed by atoms with E-state index >= 15 is 0 Å². The Morgan fingerprint density at radius 3 is 2.88 bits per heavy atom. The van der Waals surface area contributed by atoms with Crippen LogP contribution in [0.4, 0.5) is 0 Å². The van der Waals surface area contributed by atoms with Crippen molar-refractivity contribution in [2.75, 3.05) is 32.8 Å². The van der Waals surface area contributed by atoms with E-state index in [9.17, 15) is 4.79 Å². The number of piperidine rings is 1. The van der Waals surface area contributed by atoms with Crippen LogP contribution in [0, 0.1) is 12.3 Å². The van der Waals surface area contributed by atoms with E-state index in [0.717, 1.165) is 77.2 Å². The second-order valence-corrected chi connectivity index (χ2v) is 7.54. The molecule has 0 N–H and O–H groups in total. The lowest BCUT2D eigenvalue weighted by atomic mass is 9.77. The van der Waals surface area contributed by atoms with Gasteiger partial charge in [0.15, 0.2) is 5.89 Å². The first-order chi connectivity index (χ1) is 11.7. The highest BCUT2D eigenvalue weighted by Gasteiger charge is 2.49. The molecule has 4 heterocycles. The second-order valence-electron chi connectivity index (χ2n) is 7.54. The fourth-order valence-corrected chi connectivity index (χ4v) is 4.63. The van der Waals surface area contributed by atoms with Crippen molar-refractivity contribution in [2.45, 2.75) is 51.6 Å². The lowest BCUT2D eigenvalue weighted by Gasteiger charge is -2.44. The summed E-state index contributed by atoms with van der Waals surface area (Å²) < 4.78 is 10.8. The molecule has 0 bridgehead atoms. The minimum absolute atomic E-state index is 0.171. The Balaban J connectivity index is 1.43. The third-order valence-electron chi connectivity index (χ3n) is 5.89. The van der Waals surface area contributed by atoms with E-state index in [1.165, 1.54) is 0 Å². The molecular weight excluding hydrogens is 306 g/mol. The van der Waals surface area contributed by atoms with Gasteiger partial charge in [-0.15, -0.1) is 0 Å². The van der Waals surface area contributed by atoms with Crippen molar-refractivity contribution in [1.29, 1.82) is 0 Å². The monoisotopic (exact) mass is 333 g/mol. The molecule has 1 spiro atoms. The van der Waals surface area contributed by atoms with Crippen molar-refractivity contribution in [2.24, 2.45) is 5.41 Å². The maximum atomic E-state index is 13.3. The van der Waals surface area contributed by atoms with Gasteiger partial charge in [0.1, 0.15) is 6.26 Å². The Morgan fingerprint density at radius 1 is 1.29 bits per heavy atom. The zero-order valence-electron chi connectivity index (χ0n) is 14.5. The van der Waals surface area contributed by atoms with Gasteiger partial charge in [-0.2, -0.15) is 0 Å². The SMILES string of the molecule is Cc1nc(CN2CC[C@@]3(CCCN(C4CCOCC4)C3=O)C2)co1. The number of hydrogen-bond donors (Lipinski definition) is 0. The number of ether oxygens (including phenoxy) is 1. The average molecular weight is 333 g/mol. The average Bonchev–Trinajstić information content (AvgIpc) is 3.19. The molecule has 1 aromatic rings. The van der Waals surface area contributed by atoms with Gasteiger partial charge in [-0.1, -0.05) is 0 Å². The Bertz CT molecular complexity index is 596. The van der Waals surface area contributed by atoms with Gasteiger partial charge in [0.25, 0.3) is 0 Å². The van der Waals surface area contributed by atoms with Crippen LogP contribution in [0.3, 0.4) is 0 Å². The third-order valence-corrected chi connectivity index (χ3v) is 5.89. The largest absolute Gasteiger partial charge is 0.449 e. The maximum absolute atomic E-state index is 13.3. The minimum Gasteiger partial charge on any atom is -0.449 e. The van der Waals surface area contributed by atoms with Gasteiger partial charge >= 0.3 is 0 Å². The van der Waals surface area contributed by atoms with Gasteiger partial charge < -0.3 is 14.1 Å². The molecule has 0 unspecified atom stereocenters. The molecule has 4 rings (SSSR count). The highest BCUT2D eigenvalue weighted by atomic mass is 16.5. The number of aryl methyl sites for hydroxylation is 1. The van der Waals surface area contributed by atoms with Crippen LogP contribution in [0.5, 0.6) is 0 Å². The van der Waals surface area contributed by atoms with Crippen LogP contribution in [0.2, 0.25) is 0 Å². The lowest BCUT2D eigenvalue weighted by Crippen LogP contribution is -2.54. The quantitative estimate of drug-likeness (QED) is 0.846. The van der Waals surface area contributed by atoms with Crippen LogP contribution in [-0.4, -0.2) is 59.6 Å². The van der Waals surface area contributed by atoms with E-state index in [4.69, 9.17) is 9.15 Å². The normalized spacial score (nSPS) is 29.7. The van der Waals surface area contributed by atoms with Crippen molar-refractivity contribution >= 4 is 5.91 Å². The molecule has 0 aromatic carbocycles. The van der Waals surface area contributed by atoms with Crippen molar-refractivity contribution in [3.05, 3.63) is 17.8 Å². The standard InChI is InChI=1S/C18H27N3O3/c1-14-19-15(12-24-14)11-20-8-6-18(13-20)5-2-7-21(17(18)22)16-3-9-23-10-4-16/h12,16H,2-11,13H2,1H3/t18-/m0/s1. The van der Waals surface area contributed by atoms with E-state index in [-0.39, 0.29) is 5.41 Å². The summed E-state index contributed by atoms with van der Waals surface area (Å²) in [5.41, 5.74) is 0.795. The summed E-state index contributed by atoms with van der Waals surface area (Å²) >= 11 is 0. The van der Waals surface area contributed by atoms with Crippen molar-refractivity contribution < 1.29 is 13.9 Å². The number of aromatic nitrogens is 1. The fraction of sp³-hybridized carbons (Fsp3) is 0.778. The zero-order valence-corrected chi connectivity index (χ0v) is 14.5. The van der Waals surface area contributed by atoms with Gasteiger partial charge in [0.05, 0.1) is 11.1 Å². The third kappa shape index (κ3) is 2.97. The second kappa shape index (κ2) is 6.48. The van der Waals surface area contributed by atoms with Crippen LogP contribution in [0.25, 0.3) is 0 Å². The predicted octanol–water partition coefficient (Wildman–Crippen LogP) is 1.98. The molecule has 3 aliphatic rings. The number of oxazole rings is 1. The molecule has 1 aromatic heterocycles. The van der Waals surface area contributed by atoms with Crippen molar-refractivity contribution in [1.82, 2.24) is 14.8 Å². The molecule has 132 valence electrons. The van der Waals surface area contributed by atoms with Gasteiger partial charge in [0, 0.05) is 45.8 Å². The Kier molecular flexibility index (Phi) is 4.35. The fourth-order valence-electron chi connectivity index (χ4n) is 4.63. The summed E-state index contributed by atoms with van der Waals surface area (Å²) in [6.07, 6.45) is 6.84. The number of hydrogen-bond acceptors (Lipinski definition) is 5. The molecule has 3 aliphatic heterocycles. The molecule has 6 heteroatoms. The van der Waals surface area contributed by atoms with Gasteiger partial charge in [-0.05, 0) is 38.6 Å². The molecule has 3 fully saturated rings. The maximum Gasteiger partial charge on any atom is 0.230 e. The summed E-state index contributed by atoms with van der Waals surface area (Å²) in [5, 5.41) is 0. The van der Waals surface area contributed by atoms with Crippen LogP contribution in [0.15, 0.2) is 10.7 Å². The first-order valence-electron chi connectivity index (χ1n) is 9.18. The summed E-state index contributed by atoms with van der Waals surface area (Å²) in [6, 6.07) is 0.385. The molecule has 0 radical (unpaired) electrons. The Hall–Kier alpha value is -1.40. The molecule has 1 atom stereocenters. The summed E-state index contributed by atoms with van der Waals surface area (Å²) in [7, 11) is 0. The van der Waals surface area contributed by atoms with Crippen LogP contribution in [0.1, 0.15) is 43.7 Å². The predicted molar refractivity (Wildman–Crippen MR) is 88.4 cm³/mol. The van der Waals surface area contributed by atoms with Gasteiger partial charge in [-0.25, -0.2) is 4.98 Å². The highest BCUT2D eigenvalue weighted by Crippen LogP contribution is 2.41. The number of carbonyl (C=O) groups is 1. The molecule has 24 heavy (non-hydrogen) atoms. The van der Waals surface area contributed by atoms with Gasteiger partial charge in [0.2, 0.25) is 5.91 Å². The summed E-state index contributed by atoms with van der Waals surface area (Å²) in [4.78, 5) is 22.2. The summed E-state index contributed by atoms with van der Waals surface area (Å²) in [5.74, 6) is 1.10. The van der Waals surface area contributed by atoms with Crippen LogP contribution in [-0.2, 0) is 16.1 Å². The lowest BCUT2D eigenvalue weighted by molar-refractivity contribution is -0.150. The van der Waals surface area contributed by atoms with E-state index in [2.05, 4.69) is 14.8 Å². The number of rotatable bonds is 3. The molecular formula is C18H27N3O3. The van der Waals surface area contributed by atoms with Crippen LogP contribution >= 0.6 is 0 Å². The summed E-state index contributed by atoms with van der Waals surface area (Å²) in [6.45, 7) is 6.98. The minimum atomic E-state index is -0.171. The molecule has 6 nitrogen and oxygen atoms in total. The molecule has 1 amide bonds. The van der Waals surface area contributed by atoms with Crippen molar-refractivity contribution in [3.8, 4) is 0 Å². The first-order valence-corrected chi connectivity index (χ1v) is 9.18. The highest BCUT2D eigenvalue weighted by molar-refractivity contribution is 5.84. The number of carbonyl (C=O) groups excluding carboxylic acids is 1. The van der Waals surface area contributed by atoms with Gasteiger partial charge in [-0.3, -0.25) is 9.69 Å². The number of nitrogens with zero attached hydrogens (tertiary/aromatic N) is 3. The topological polar surface area (TPSA) is 58.8 Å².